The maximum absolute atomic E-state index is 5.85. The van der Waals surface area contributed by atoms with Gasteiger partial charge in [-0.25, -0.2) is 0 Å². The molecule has 2 nitrogen and oxygen atoms in total. The van der Waals surface area contributed by atoms with Crippen LogP contribution in [0.4, 0.5) is 11.4 Å². The van der Waals surface area contributed by atoms with Crippen LogP contribution in [0, 0.1) is 0 Å². The van der Waals surface area contributed by atoms with E-state index in [0.29, 0.717) is 0 Å². The molecule has 1 fully saturated rings. The van der Waals surface area contributed by atoms with Crippen molar-refractivity contribution in [2.24, 2.45) is 0 Å². The van der Waals surface area contributed by atoms with Crippen molar-refractivity contribution in [2.75, 3.05) is 11.5 Å². The third-order valence-corrected chi connectivity index (χ3v) is 11.9. The number of rotatable bonds is 7. The summed E-state index contributed by atoms with van der Waals surface area (Å²) < 4.78 is 0. The smallest absolute Gasteiger partial charge is 0.0542 e. The summed E-state index contributed by atoms with van der Waals surface area (Å²) in [4.78, 5) is 0. The van der Waals surface area contributed by atoms with E-state index in [-0.39, 0.29) is 0 Å². The van der Waals surface area contributed by atoms with E-state index >= 15 is 0 Å². The van der Waals surface area contributed by atoms with Crippen LogP contribution < -0.4 is 11.5 Å². The fourth-order valence-electron chi connectivity index (χ4n) is 4.56. The predicted molar refractivity (Wildman–Crippen MR) is 117 cm³/mol. The van der Waals surface area contributed by atoms with Crippen molar-refractivity contribution in [3.05, 3.63) is 59.7 Å². The molecule has 0 bridgehead atoms. The Hall–Kier alpha value is -1.74. The number of anilines is 2. The van der Waals surface area contributed by atoms with E-state index < -0.39 is 8.07 Å². The van der Waals surface area contributed by atoms with Gasteiger partial charge in [0.25, 0.3) is 0 Å². The van der Waals surface area contributed by atoms with Crippen molar-refractivity contribution >= 4 is 19.4 Å². The number of benzene rings is 2. The molecule has 0 spiro atoms. The fourth-order valence-corrected chi connectivity index (χ4v) is 9.15. The molecule has 0 atom stereocenters. The minimum Gasteiger partial charge on any atom is -0.399 e. The van der Waals surface area contributed by atoms with Gasteiger partial charge in [-0.15, -0.1) is 0 Å². The van der Waals surface area contributed by atoms with E-state index in [1.807, 2.05) is 24.3 Å². The van der Waals surface area contributed by atoms with E-state index in [0.717, 1.165) is 16.9 Å². The van der Waals surface area contributed by atoms with Crippen LogP contribution in [0.5, 0.6) is 0 Å². The van der Waals surface area contributed by atoms with Crippen molar-refractivity contribution in [3.63, 3.8) is 0 Å². The highest BCUT2D eigenvalue weighted by Gasteiger charge is 2.36. The fraction of sp³-hybridized carbons (Fsp3) is 0.478. The first-order valence-corrected chi connectivity index (χ1v) is 13.2. The minimum absolute atomic E-state index is 0.865. The molecule has 2 aromatic carbocycles. The second-order valence-corrected chi connectivity index (χ2v) is 13.6. The Morgan fingerprint density at radius 1 is 0.731 bits per heavy atom. The first-order chi connectivity index (χ1) is 12.5. The number of nitrogen functional groups attached to an aromatic ring is 2. The van der Waals surface area contributed by atoms with Gasteiger partial charge in [0.15, 0.2) is 0 Å². The summed E-state index contributed by atoms with van der Waals surface area (Å²) in [6, 6.07) is 19.8. The lowest BCUT2D eigenvalue weighted by Gasteiger charge is -2.39. The van der Waals surface area contributed by atoms with Crippen LogP contribution in [0.1, 0.15) is 43.2 Å². The quantitative estimate of drug-likeness (QED) is 0.463. The third-order valence-electron chi connectivity index (χ3n) is 6.52. The maximum Gasteiger partial charge on any atom is 0.0542 e. The molecular weight excluding hydrogens is 332 g/mol. The van der Waals surface area contributed by atoms with Crippen LogP contribution in [0.3, 0.4) is 0 Å². The molecule has 4 N–H and O–H groups in total. The molecule has 140 valence electrons. The van der Waals surface area contributed by atoms with Gasteiger partial charge in [0.05, 0.1) is 8.07 Å². The number of hydrogen-bond acceptors (Lipinski definition) is 2. The second kappa shape index (κ2) is 8.76. The molecule has 3 heteroatoms. The second-order valence-electron chi connectivity index (χ2n) is 8.47. The van der Waals surface area contributed by atoms with Crippen molar-refractivity contribution in [1.29, 1.82) is 0 Å². The van der Waals surface area contributed by atoms with Gasteiger partial charge in [-0.05, 0) is 53.8 Å². The molecule has 26 heavy (non-hydrogen) atoms. The van der Waals surface area contributed by atoms with Crippen molar-refractivity contribution in [1.82, 2.24) is 0 Å². The number of aryl methyl sites for hydroxylation is 2. The molecule has 0 amide bonds. The molecule has 0 radical (unpaired) electrons. The highest BCUT2D eigenvalue weighted by Crippen LogP contribution is 2.42. The zero-order chi connectivity index (χ0) is 18.4. The van der Waals surface area contributed by atoms with E-state index in [1.165, 1.54) is 68.2 Å². The predicted octanol–water partition coefficient (Wildman–Crippen LogP) is 6.05. The number of nitrogens with two attached hydrogens (primary N) is 2. The summed E-state index contributed by atoms with van der Waals surface area (Å²) in [5.41, 5.74) is 17.3. The lowest BCUT2D eigenvalue weighted by molar-refractivity contribution is 0.488. The van der Waals surface area contributed by atoms with Gasteiger partial charge in [0.2, 0.25) is 0 Å². The van der Waals surface area contributed by atoms with E-state index in [1.54, 1.807) is 0 Å². The SMILES string of the molecule is C[Si](CCc1ccc(N)cc1)(CCc1ccc(N)cc1)C1CCCCC1. The molecule has 2 aromatic rings. The Bertz CT molecular complexity index is 623. The highest BCUT2D eigenvalue weighted by molar-refractivity contribution is 6.80. The van der Waals surface area contributed by atoms with Crippen LogP contribution in [-0.4, -0.2) is 8.07 Å². The van der Waals surface area contributed by atoms with Crippen molar-refractivity contribution in [3.8, 4) is 0 Å². The normalized spacial score (nSPS) is 15.9. The lowest BCUT2D eigenvalue weighted by atomic mass is 10.0. The molecule has 1 aliphatic rings. The topological polar surface area (TPSA) is 52.0 Å². The summed E-state index contributed by atoms with van der Waals surface area (Å²) >= 11 is 0. The van der Waals surface area contributed by atoms with Gasteiger partial charge in [-0.2, -0.15) is 0 Å². The zero-order valence-corrected chi connectivity index (χ0v) is 17.2. The van der Waals surface area contributed by atoms with Crippen LogP contribution in [-0.2, 0) is 12.8 Å². The van der Waals surface area contributed by atoms with E-state index in [9.17, 15) is 0 Å². The minimum atomic E-state index is -1.30. The summed E-state index contributed by atoms with van der Waals surface area (Å²) in [6.45, 7) is 2.68. The van der Waals surface area contributed by atoms with Gasteiger partial charge < -0.3 is 11.5 Å². The Labute approximate surface area is 160 Å². The molecule has 0 aromatic heterocycles. The van der Waals surface area contributed by atoms with Crippen LogP contribution in [0.2, 0.25) is 24.2 Å². The third kappa shape index (κ3) is 5.13. The van der Waals surface area contributed by atoms with E-state index in [2.05, 4.69) is 30.8 Å². The van der Waals surface area contributed by atoms with Crippen molar-refractivity contribution in [2.45, 2.75) is 69.1 Å². The zero-order valence-electron chi connectivity index (χ0n) is 16.2. The first kappa shape index (κ1) is 19.0. The molecule has 0 saturated heterocycles. The maximum atomic E-state index is 5.85. The summed E-state index contributed by atoms with van der Waals surface area (Å²) in [7, 11) is -1.30. The highest BCUT2D eigenvalue weighted by atomic mass is 28.3. The summed E-state index contributed by atoms with van der Waals surface area (Å²) in [5, 5.41) is 0. The van der Waals surface area contributed by atoms with Crippen molar-refractivity contribution < 1.29 is 0 Å². The first-order valence-electron chi connectivity index (χ1n) is 10.2. The largest absolute Gasteiger partial charge is 0.399 e. The summed E-state index contributed by atoms with van der Waals surface area (Å²) in [6.07, 6.45) is 9.67. The van der Waals surface area contributed by atoms with Crippen LogP contribution in [0.15, 0.2) is 48.5 Å². The average molecular weight is 367 g/mol. The molecular formula is C23H34N2Si. The molecule has 0 unspecified atom stereocenters. The van der Waals surface area contributed by atoms with Crippen LogP contribution in [0.25, 0.3) is 0 Å². The number of hydrogen-bond donors (Lipinski definition) is 2. The van der Waals surface area contributed by atoms with Gasteiger partial charge >= 0.3 is 0 Å². The Morgan fingerprint density at radius 3 is 1.58 bits per heavy atom. The average Bonchev–Trinajstić information content (AvgIpc) is 2.68. The van der Waals surface area contributed by atoms with Crippen LogP contribution >= 0.6 is 0 Å². The lowest BCUT2D eigenvalue weighted by Crippen LogP contribution is -2.38. The van der Waals surface area contributed by atoms with Gasteiger partial charge in [0, 0.05) is 11.4 Å². The molecule has 3 rings (SSSR count). The van der Waals surface area contributed by atoms with E-state index in [4.69, 9.17) is 11.5 Å². The standard InChI is InChI=1S/C23H34N2Si/c1-26(23-5-3-2-4-6-23,17-15-19-7-11-21(24)12-8-19)18-16-20-9-13-22(25)14-10-20/h7-14,23H,2-6,15-18,24-25H2,1H3. The van der Waals surface area contributed by atoms with Gasteiger partial charge in [-0.1, -0.05) is 75.0 Å². The molecule has 0 heterocycles. The Balaban J connectivity index is 1.68. The Kier molecular flexibility index (Phi) is 6.41. The van der Waals surface area contributed by atoms with Gasteiger partial charge in [0.1, 0.15) is 0 Å². The molecule has 0 aliphatic heterocycles. The molecule has 1 aliphatic carbocycles. The van der Waals surface area contributed by atoms with Gasteiger partial charge in [-0.3, -0.25) is 0 Å². The summed E-state index contributed by atoms with van der Waals surface area (Å²) in [5.74, 6) is 0. The molecule has 1 saturated carbocycles. The Morgan fingerprint density at radius 2 is 1.15 bits per heavy atom. The monoisotopic (exact) mass is 366 g/mol.